The Kier molecular flexibility index (Phi) is 4.49. The smallest absolute Gasteiger partial charge is 0.227 e. The van der Waals surface area contributed by atoms with Crippen molar-refractivity contribution < 1.29 is 8.42 Å². The van der Waals surface area contributed by atoms with Crippen LogP contribution in [0.1, 0.15) is 31.9 Å². The highest BCUT2D eigenvalue weighted by atomic mass is 32.2. The van der Waals surface area contributed by atoms with Crippen LogP contribution in [0.25, 0.3) is 0 Å². The maximum Gasteiger partial charge on any atom is 0.227 e. The van der Waals surface area contributed by atoms with Gasteiger partial charge in [0.15, 0.2) is 9.84 Å². The quantitative estimate of drug-likeness (QED) is 0.835. The maximum absolute atomic E-state index is 11.7. The van der Waals surface area contributed by atoms with Crippen LogP contribution in [0.15, 0.2) is 6.07 Å². The third-order valence-corrected chi connectivity index (χ3v) is 6.76. The molecule has 128 valence electrons. The summed E-state index contributed by atoms with van der Waals surface area (Å²) in [4.78, 5) is 13.6. The van der Waals surface area contributed by atoms with E-state index in [4.69, 9.17) is 4.98 Å². The first-order valence-corrected chi connectivity index (χ1v) is 10.2. The molecule has 0 amide bonds. The Labute approximate surface area is 138 Å². The van der Waals surface area contributed by atoms with Crippen molar-refractivity contribution in [2.45, 2.75) is 39.2 Å². The van der Waals surface area contributed by atoms with Crippen LogP contribution in [0.3, 0.4) is 0 Å². The van der Waals surface area contributed by atoms with Crippen molar-refractivity contribution in [3.63, 3.8) is 0 Å². The molecular formula is C16H26N4O2S. The molecule has 0 aromatic carbocycles. The van der Waals surface area contributed by atoms with Gasteiger partial charge in [-0.25, -0.2) is 13.4 Å². The van der Waals surface area contributed by atoms with E-state index in [1.165, 1.54) is 12.8 Å². The Hall–Kier alpha value is -1.37. The second-order valence-corrected chi connectivity index (χ2v) is 9.23. The average Bonchev–Trinajstić information content (AvgIpc) is 2.86. The Morgan fingerprint density at radius 3 is 2.52 bits per heavy atom. The van der Waals surface area contributed by atoms with E-state index in [-0.39, 0.29) is 17.5 Å². The molecule has 2 aliphatic rings. The first-order chi connectivity index (χ1) is 10.8. The first-order valence-electron chi connectivity index (χ1n) is 8.38. The molecule has 2 fully saturated rings. The number of sulfone groups is 1. The summed E-state index contributed by atoms with van der Waals surface area (Å²) in [6.07, 6.45) is 3.02. The largest absolute Gasteiger partial charge is 0.355 e. The van der Waals surface area contributed by atoms with Crippen LogP contribution in [-0.4, -0.2) is 56.1 Å². The van der Waals surface area contributed by atoms with Crippen LogP contribution in [-0.2, 0) is 9.84 Å². The Bertz CT molecular complexity index is 669. The van der Waals surface area contributed by atoms with Crippen molar-refractivity contribution in [1.29, 1.82) is 0 Å². The van der Waals surface area contributed by atoms with E-state index < -0.39 is 9.84 Å². The summed E-state index contributed by atoms with van der Waals surface area (Å²) in [7, 11) is -0.951. The van der Waals surface area contributed by atoms with E-state index in [0.29, 0.717) is 6.42 Å². The van der Waals surface area contributed by atoms with E-state index in [2.05, 4.69) is 16.8 Å². The van der Waals surface area contributed by atoms with Gasteiger partial charge in [-0.2, -0.15) is 4.98 Å². The van der Waals surface area contributed by atoms with Gasteiger partial charge in [0.25, 0.3) is 0 Å². The van der Waals surface area contributed by atoms with Gasteiger partial charge in [-0.3, -0.25) is 0 Å². The molecular weight excluding hydrogens is 312 g/mol. The molecule has 1 aromatic heterocycles. The Morgan fingerprint density at radius 2 is 1.91 bits per heavy atom. The highest BCUT2D eigenvalue weighted by Crippen LogP contribution is 2.25. The summed E-state index contributed by atoms with van der Waals surface area (Å²) >= 11 is 0. The average molecular weight is 338 g/mol. The second kappa shape index (κ2) is 6.26. The van der Waals surface area contributed by atoms with Gasteiger partial charge < -0.3 is 9.80 Å². The van der Waals surface area contributed by atoms with Gasteiger partial charge in [-0.1, -0.05) is 6.92 Å². The summed E-state index contributed by atoms with van der Waals surface area (Å²) < 4.78 is 23.4. The SMILES string of the molecule is Cc1cc(N(C)C2CCS(=O)(=O)C2)nc(N2CCC(C)CC2)n1. The summed E-state index contributed by atoms with van der Waals surface area (Å²) in [6, 6.07) is 1.96. The number of hydrogen-bond donors (Lipinski definition) is 0. The first kappa shape index (κ1) is 16.5. The van der Waals surface area contributed by atoms with Gasteiger partial charge >= 0.3 is 0 Å². The molecule has 6 nitrogen and oxygen atoms in total. The third-order valence-electron chi connectivity index (χ3n) is 5.01. The number of aryl methyl sites for hydroxylation is 1. The molecule has 0 aliphatic carbocycles. The monoisotopic (exact) mass is 338 g/mol. The molecule has 0 spiro atoms. The molecule has 0 N–H and O–H groups in total. The van der Waals surface area contributed by atoms with Crippen LogP contribution in [0.5, 0.6) is 0 Å². The number of piperidine rings is 1. The summed E-state index contributed by atoms with van der Waals surface area (Å²) in [6.45, 7) is 6.24. The Morgan fingerprint density at radius 1 is 1.22 bits per heavy atom. The lowest BCUT2D eigenvalue weighted by Gasteiger charge is -2.31. The molecule has 1 aromatic rings. The lowest BCUT2D eigenvalue weighted by atomic mass is 10.00. The molecule has 7 heteroatoms. The van der Waals surface area contributed by atoms with Crippen molar-refractivity contribution >= 4 is 21.6 Å². The molecule has 0 saturated carbocycles. The summed E-state index contributed by atoms with van der Waals surface area (Å²) in [5.41, 5.74) is 0.927. The number of rotatable bonds is 3. The van der Waals surface area contributed by atoms with Gasteiger partial charge in [0.05, 0.1) is 11.5 Å². The number of nitrogens with zero attached hydrogens (tertiary/aromatic N) is 4. The molecule has 3 heterocycles. The van der Waals surface area contributed by atoms with Crippen molar-refractivity contribution in [3.05, 3.63) is 11.8 Å². The zero-order valence-corrected chi connectivity index (χ0v) is 15.0. The molecule has 0 bridgehead atoms. The zero-order valence-electron chi connectivity index (χ0n) is 14.2. The van der Waals surface area contributed by atoms with Crippen LogP contribution in [0.4, 0.5) is 11.8 Å². The molecule has 1 unspecified atom stereocenters. The zero-order chi connectivity index (χ0) is 16.6. The predicted molar refractivity (Wildman–Crippen MR) is 92.8 cm³/mol. The number of hydrogen-bond acceptors (Lipinski definition) is 6. The standard InChI is InChI=1S/C16H26N4O2S/c1-12-4-7-20(8-5-12)16-17-13(2)10-15(18-16)19(3)14-6-9-23(21,22)11-14/h10,12,14H,4-9,11H2,1-3H3. The van der Waals surface area contributed by atoms with E-state index in [1.54, 1.807) is 0 Å². The fraction of sp³-hybridized carbons (Fsp3) is 0.750. The third kappa shape index (κ3) is 3.76. The number of aromatic nitrogens is 2. The molecule has 3 rings (SSSR count). The molecule has 0 radical (unpaired) electrons. The van der Waals surface area contributed by atoms with Crippen LogP contribution in [0, 0.1) is 12.8 Å². The fourth-order valence-corrected chi connectivity index (χ4v) is 5.11. The minimum Gasteiger partial charge on any atom is -0.355 e. The fourth-order valence-electron chi connectivity index (χ4n) is 3.34. The van der Waals surface area contributed by atoms with E-state index in [9.17, 15) is 8.42 Å². The molecule has 2 aliphatic heterocycles. The minimum absolute atomic E-state index is 0.0172. The normalized spacial score (nSPS) is 24.8. The lowest BCUT2D eigenvalue weighted by molar-refractivity contribution is 0.434. The highest BCUT2D eigenvalue weighted by molar-refractivity contribution is 7.91. The van der Waals surface area contributed by atoms with Gasteiger partial charge in [-0.05, 0) is 32.1 Å². The summed E-state index contributed by atoms with van der Waals surface area (Å²) in [5, 5.41) is 0. The molecule has 23 heavy (non-hydrogen) atoms. The van der Waals surface area contributed by atoms with Gasteiger partial charge in [0, 0.05) is 37.9 Å². The van der Waals surface area contributed by atoms with Crippen molar-refractivity contribution in [1.82, 2.24) is 9.97 Å². The summed E-state index contributed by atoms with van der Waals surface area (Å²) in [5.74, 6) is 2.88. The highest BCUT2D eigenvalue weighted by Gasteiger charge is 2.31. The van der Waals surface area contributed by atoms with Crippen LogP contribution in [0.2, 0.25) is 0 Å². The van der Waals surface area contributed by atoms with Gasteiger partial charge in [0.2, 0.25) is 5.95 Å². The number of anilines is 2. The van der Waals surface area contributed by atoms with Gasteiger partial charge in [-0.15, -0.1) is 0 Å². The predicted octanol–water partition coefficient (Wildman–Crippen LogP) is 1.64. The van der Waals surface area contributed by atoms with Gasteiger partial charge in [0.1, 0.15) is 5.82 Å². The molecule has 2 saturated heterocycles. The Balaban J connectivity index is 1.80. The van der Waals surface area contributed by atoms with Crippen molar-refractivity contribution in [3.8, 4) is 0 Å². The van der Waals surface area contributed by atoms with Crippen LogP contribution >= 0.6 is 0 Å². The minimum atomic E-state index is -2.89. The van der Waals surface area contributed by atoms with Crippen molar-refractivity contribution in [2.24, 2.45) is 5.92 Å². The van der Waals surface area contributed by atoms with Crippen LogP contribution < -0.4 is 9.80 Å². The maximum atomic E-state index is 11.7. The van der Waals surface area contributed by atoms with Crippen molar-refractivity contribution in [2.75, 3.05) is 41.4 Å². The molecule has 1 atom stereocenters. The second-order valence-electron chi connectivity index (χ2n) is 7.00. The lowest BCUT2D eigenvalue weighted by Crippen LogP contribution is -2.36. The van der Waals surface area contributed by atoms with E-state index >= 15 is 0 Å². The topological polar surface area (TPSA) is 66.4 Å². The van der Waals surface area contributed by atoms with E-state index in [1.807, 2.05) is 24.9 Å². The van der Waals surface area contributed by atoms with E-state index in [0.717, 1.165) is 36.5 Å².